The maximum absolute atomic E-state index is 13.4. The average molecular weight is 237 g/mol. The van der Waals surface area contributed by atoms with Crippen LogP contribution in [0.4, 0.5) is 10.1 Å². The highest BCUT2D eigenvalue weighted by molar-refractivity contribution is 5.98. The van der Waals surface area contributed by atoms with E-state index in [1.54, 1.807) is 6.07 Å². The number of carbonyl (C=O) groups excluding carboxylic acids is 1. The third-order valence-electron chi connectivity index (χ3n) is 3.02. The molecule has 0 spiro atoms. The molecule has 1 aliphatic rings. The van der Waals surface area contributed by atoms with Crippen LogP contribution in [-0.2, 0) is 0 Å². The molecule has 1 unspecified atom stereocenters. The van der Waals surface area contributed by atoms with Crippen molar-refractivity contribution in [3.05, 3.63) is 29.6 Å². The zero-order valence-electron chi connectivity index (χ0n) is 9.45. The van der Waals surface area contributed by atoms with Crippen molar-refractivity contribution in [3.63, 3.8) is 0 Å². The summed E-state index contributed by atoms with van der Waals surface area (Å²) in [6, 6.07) is 4.42. The third-order valence-corrected chi connectivity index (χ3v) is 3.02. The van der Waals surface area contributed by atoms with Gasteiger partial charge in [-0.25, -0.2) is 4.39 Å². The Morgan fingerprint density at radius 2 is 2.24 bits per heavy atom. The van der Waals surface area contributed by atoms with E-state index in [-0.39, 0.29) is 11.6 Å². The summed E-state index contributed by atoms with van der Waals surface area (Å²) in [7, 11) is 0. The second kappa shape index (κ2) is 4.71. The fraction of sp³-hybridized carbons (Fsp3) is 0.417. The summed E-state index contributed by atoms with van der Waals surface area (Å²) in [6.45, 7) is 0.522. The molecule has 1 saturated carbocycles. The molecule has 2 rings (SSSR count). The predicted molar refractivity (Wildman–Crippen MR) is 64.1 cm³/mol. The third kappa shape index (κ3) is 2.74. The molecule has 1 fully saturated rings. The Morgan fingerprint density at radius 3 is 2.82 bits per heavy atom. The molecule has 1 aromatic rings. The second-order valence-electron chi connectivity index (χ2n) is 4.41. The van der Waals surface area contributed by atoms with E-state index in [4.69, 9.17) is 11.5 Å². The summed E-state index contributed by atoms with van der Waals surface area (Å²) in [6.07, 6.45) is 2.29. The number of anilines is 1. The lowest BCUT2D eigenvalue weighted by Gasteiger charge is -2.14. The van der Waals surface area contributed by atoms with Crippen molar-refractivity contribution in [1.29, 1.82) is 0 Å². The van der Waals surface area contributed by atoms with Gasteiger partial charge in [-0.3, -0.25) is 4.79 Å². The van der Waals surface area contributed by atoms with E-state index in [1.165, 1.54) is 12.1 Å². The van der Waals surface area contributed by atoms with Gasteiger partial charge in [-0.15, -0.1) is 0 Å². The van der Waals surface area contributed by atoms with E-state index in [2.05, 4.69) is 5.32 Å². The van der Waals surface area contributed by atoms with Crippen molar-refractivity contribution in [2.45, 2.75) is 18.9 Å². The lowest BCUT2D eigenvalue weighted by molar-refractivity contribution is 0.0997. The van der Waals surface area contributed by atoms with Gasteiger partial charge in [-0.1, -0.05) is 6.07 Å². The highest BCUT2D eigenvalue weighted by Gasteiger charge is 2.28. The summed E-state index contributed by atoms with van der Waals surface area (Å²) in [4.78, 5) is 11.1. The maximum atomic E-state index is 13.4. The molecule has 0 aromatic heterocycles. The summed E-state index contributed by atoms with van der Waals surface area (Å²) in [5, 5.41) is 2.99. The highest BCUT2D eigenvalue weighted by atomic mass is 19.1. The van der Waals surface area contributed by atoms with Gasteiger partial charge < -0.3 is 16.8 Å². The van der Waals surface area contributed by atoms with Crippen LogP contribution in [0.1, 0.15) is 23.2 Å². The number of hydrogen-bond acceptors (Lipinski definition) is 3. The van der Waals surface area contributed by atoms with Crippen LogP contribution in [0, 0.1) is 11.7 Å². The minimum Gasteiger partial charge on any atom is -0.383 e. The molecule has 0 heterocycles. The van der Waals surface area contributed by atoms with Crippen molar-refractivity contribution < 1.29 is 9.18 Å². The number of nitrogens with two attached hydrogens (primary N) is 2. The number of nitrogens with one attached hydrogen (secondary N) is 1. The van der Waals surface area contributed by atoms with Crippen molar-refractivity contribution in [3.8, 4) is 0 Å². The van der Waals surface area contributed by atoms with E-state index in [1.807, 2.05) is 0 Å². The van der Waals surface area contributed by atoms with E-state index in [9.17, 15) is 9.18 Å². The van der Waals surface area contributed by atoms with Gasteiger partial charge in [0.05, 0.1) is 5.56 Å². The summed E-state index contributed by atoms with van der Waals surface area (Å²) < 4.78 is 13.4. The summed E-state index contributed by atoms with van der Waals surface area (Å²) in [5.41, 5.74) is 11.4. The molecule has 1 atom stereocenters. The van der Waals surface area contributed by atoms with Gasteiger partial charge in [0.15, 0.2) is 0 Å². The van der Waals surface area contributed by atoms with Crippen LogP contribution in [0.15, 0.2) is 18.2 Å². The van der Waals surface area contributed by atoms with E-state index in [0.29, 0.717) is 18.2 Å². The van der Waals surface area contributed by atoms with Gasteiger partial charge >= 0.3 is 0 Å². The highest BCUT2D eigenvalue weighted by Crippen LogP contribution is 2.31. The van der Waals surface area contributed by atoms with Crippen molar-refractivity contribution in [1.82, 2.24) is 0 Å². The first-order valence-corrected chi connectivity index (χ1v) is 5.67. The molecule has 0 aliphatic heterocycles. The lowest BCUT2D eigenvalue weighted by Crippen LogP contribution is -2.31. The number of rotatable bonds is 5. The fourth-order valence-electron chi connectivity index (χ4n) is 1.84. The Kier molecular flexibility index (Phi) is 3.28. The number of amides is 1. The molecule has 92 valence electrons. The van der Waals surface area contributed by atoms with Gasteiger partial charge in [-0.05, 0) is 30.9 Å². The Hall–Kier alpha value is -1.62. The smallest absolute Gasteiger partial charge is 0.253 e. The number of carbonyl (C=O) groups is 1. The predicted octanol–water partition coefficient (Wildman–Crippen LogP) is 1.07. The molecule has 0 bridgehead atoms. The Balaban J connectivity index is 2.08. The Morgan fingerprint density at radius 1 is 1.53 bits per heavy atom. The lowest BCUT2D eigenvalue weighted by atomic mass is 10.1. The maximum Gasteiger partial charge on any atom is 0.253 e. The Bertz CT molecular complexity index is 432. The molecule has 0 saturated heterocycles. The minimum absolute atomic E-state index is 0.0407. The van der Waals surface area contributed by atoms with Gasteiger partial charge in [0.1, 0.15) is 5.82 Å². The van der Waals surface area contributed by atoms with Gasteiger partial charge in [0, 0.05) is 18.3 Å². The van der Waals surface area contributed by atoms with Crippen LogP contribution in [-0.4, -0.2) is 18.5 Å². The molecular weight excluding hydrogens is 221 g/mol. The molecule has 5 heteroatoms. The second-order valence-corrected chi connectivity index (χ2v) is 4.41. The average Bonchev–Trinajstić information content (AvgIpc) is 3.08. The summed E-state index contributed by atoms with van der Waals surface area (Å²) >= 11 is 0. The molecule has 1 aliphatic carbocycles. The molecule has 0 radical (unpaired) electrons. The minimum atomic E-state index is -0.773. The van der Waals surface area contributed by atoms with E-state index in [0.717, 1.165) is 12.8 Å². The van der Waals surface area contributed by atoms with Gasteiger partial charge in [0.2, 0.25) is 0 Å². The fourth-order valence-corrected chi connectivity index (χ4v) is 1.84. The normalized spacial score (nSPS) is 16.6. The van der Waals surface area contributed by atoms with Crippen molar-refractivity contribution in [2.24, 2.45) is 17.4 Å². The first kappa shape index (κ1) is 11.9. The zero-order valence-corrected chi connectivity index (χ0v) is 9.45. The Labute approximate surface area is 99.2 Å². The first-order valence-electron chi connectivity index (χ1n) is 5.67. The molecular formula is C12H16FN3O. The molecule has 1 aromatic carbocycles. The summed E-state index contributed by atoms with van der Waals surface area (Å²) in [5.74, 6) is -0.832. The molecule has 1 amide bonds. The topological polar surface area (TPSA) is 81.1 Å². The van der Waals surface area contributed by atoms with E-state index < -0.39 is 11.7 Å². The van der Waals surface area contributed by atoms with Gasteiger partial charge in [0.25, 0.3) is 5.91 Å². The standard InChI is InChI=1S/C12H16FN3O/c13-8-2-1-3-10(11(8)12(15)17)16-6-9(14)7-4-5-7/h1-3,7,9,16H,4-6,14H2,(H2,15,17). The monoisotopic (exact) mass is 237 g/mol. The number of benzene rings is 1. The van der Waals surface area contributed by atoms with Crippen LogP contribution in [0.25, 0.3) is 0 Å². The molecule has 5 N–H and O–H groups in total. The quantitative estimate of drug-likeness (QED) is 0.716. The van der Waals surface area contributed by atoms with E-state index >= 15 is 0 Å². The van der Waals surface area contributed by atoms with Crippen LogP contribution < -0.4 is 16.8 Å². The SMILES string of the molecule is NC(=O)c1c(F)cccc1NCC(N)C1CC1. The van der Waals surface area contributed by atoms with Crippen LogP contribution in [0.2, 0.25) is 0 Å². The van der Waals surface area contributed by atoms with Crippen LogP contribution in [0.5, 0.6) is 0 Å². The number of hydrogen-bond donors (Lipinski definition) is 3. The first-order chi connectivity index (χ1) is 8.09. The largest absolute Gasteiger partial charge is 0.383 e. The number of primary amides is 1. The number of halogens is 1. The zero-order chi connectivity index (χ0) is 12.4. The molecule has 4 nitrogen and oxygen atoms in total. The van der Waals surface area contributed by atoms with Crippen molar-refractivity contribution in [2.75, 3.05) is 11.9 Å². The van der Waals surface area contributed by atoms with Crippen LogP contribution in [0.3, 0.4) is 0 Å². The van der Waals surface area contributed by atoms with Crippen LogP contribution >= 0.6 is 0 Å². The van der Waals surface area contributed by atoms with Crippen molar-refractivity contribution >= 4 is 11.6 Å². The molecule has 17 heavy (non-hydrogen) atoms. The van der Waals surface area contributed by atoms with Gasteiger partial charge in [-0.2, -0.15) is 0 Å².